The van der Waals surface area contributed by atoms with Crippen LogP contribution in [0, 0.1) is 11.8 Å². The maximum Gasteiger partial charge on any atom is 0.246 e. The molecule has 0 aliphatic carbocycles. The Labute approximate surface area is 140 Å². The summed E-state index contributed by atoms with van der Waals surface area (Å²) in [5.41, 5.74) is 0. The first-order chi connectivity index (χ1) is 11.3. The number of hydrogen-bond donors (Lipinski definition) is 1. The molecule has 134 valence electrons. The molecule has 0 aromatic carbocycles. The number of carbonyl (C=O) groups is 1. The lowest BCUT2D eigenvalue weighted by Gasteiger charge is -2.07. The molecule has 0 atom stereocenters. The number of carbonyl (C=O) groups excluding carboxylic acids is 1. The van der Waals surface area contributed by atoms with Crippen LogP contribution in [-0.2, 0) is 23.7 Å². The van der Waals surface area contributed by atoms with E-state index in [-0.39, 0.29) is 12.5 Å². The molecule has 0 aliphatic rings. The molecular formula is C17H31NO5. The Bertz CT molecular complexity index is 325. The summed E-state index contributed by atoms with van der Waals surface area (Å²) in [6.45, 7) is 8.55. The molecule has 6 heteroatoms. The Morgan fingerprint density at radius 2 is 1.39 bits per heavy atom. The molecule has 0 radical (unpaired) electrons. The van der Waals surface area contributed by atoms with Crippen LogP contribution in [0.15, 0.2) is 0 Å². The predicted molar refractivity (Wildman–Crippen MR) is 89.3 cm³/mol. The van der Waals surface area contributed by atoms with Crippen molar-refractivity contribution in [2.45, 2.75) is 33.1 Å². The van der Waals surface area contributed by atoms with Crippen LogP contribution < -0.4 is 5.32 Å². The van der Waals surface area contributed by atoms with Gasteiger partial charge in [-0.25, -0.2) is 0 Å². The van der Waals surface area contributed by atoms with Crippen molar-refractivity contribution < 1.29 is 23.7 Å². The monoisotopic (exact) mass is 329 g/mol. The molecule has 0 saturated heterocycles. The summed E-state index contributed by atoms with van der Waals surface area (Å²) in [4.78, 5) is 11.4. The van der Waals surface area contributed by atoms with Crippen LogP contribution in [-0.4, -0.2) is 65.3 Å². The molecule has 6 nitrogen and oxygen atoms in total. The summed E-state index contributed by atoms with van der Waals surface area (Å²) in [6, 6.07) is 0. The topological polar surface area (TPSA) is 66.0 Å². The van der Waals surface area contributed by atoms with Crippen molar-refractivity contribution >= 4 is 5.91 Å². The zero-order valence-corrected chi connectivity index (χ0v) is 14.5. The van der Waals surface area contributed by atoms with E-state index in [0.717, 1.165) is 19.4 Å². The molecule has 0 unspecified atom stereocenters. The molecule has 0 heterocycles. The molecule has 0 aliphatic heterocycles. The second-order valence-corrected chi connectivity index (χ2v) is 4.70. The Morgan fingerprint density at radius 3 is 1.96 bits per heavy atom. The summed E-state index contributed by atoms with van der Waals surface area (Å²) in [6.07, 6.45) is 2.54. The average molecular weight is 329 g/mol. The summed E-state index contributed by atoms with van der Waals surface area (Å²) in [7, 11) is 0. The summed E-state index contributed by atoms with van der Waals surface area (Å²) >= 11 is 0. The van der Waals surface area contributed by atoms with Gasteiger partial charge in [-0.1, -0.05) is 13.8 Å². The van der Waals surface area contributed by atoms with E-state index in [1.54, 1.807) is 0 Å². The molecule has 23 heavy (non-hydrogen) atoms. The van der Waals surface area contributed by atoms with Crippen molar-refractivity contribution in [3.63, 3.8) is 0 Å². The lowest BCUT2D eigenvalue weighted by atomic mass is 10.4. The Hall–Kier alpha value is -1.13. The van der Waals surface area contributed by atoms with Gasteiger partial charge in [0.25, 0.3) is 0 Å². The first kappa shape index (κ1) is 21.9. The number of rotatable bonds is 15. The van der Waals surface area contributed by atoms with Gasteiger partial charge in [-0.3, -0.25) is 4.79 Å². The maximum atomic E-state index is 11.4. The maximum absolute atomic E-state index is 11.4. The van der Waals surface area contributed by atoms with Crippen molar-refractivity contribution in [3.8, 4) is 11.8 Å². The lowest BCUT2D eigenvalue weighted by Crippen LogP contribution is -2.28. The molecular weight excluding hydrogens is 298 g/mol. The van der Waals surface area contributed by atoms with Crippen molar-refractivity contribution in [1.29, 1.82) is 0 Å². The van der Waals surface area contributed by atoms with Crippen molar-refractivity contribution in [1.82, 2.24) is 5.32 Å². The van der Waals surface area contributed by atoms with Crippen LogP contribution >= 0.6 is 0 Å². The van der Waals surface area contributed by atoms with E-state index in [1.165, 1.54) is 0 Å². The van der Waals surface area contributed by atoms with Gasteiger partial charge in [0.2, 0.25) is 5.91 Å². The van der Waals surface area contributed by atoms with E-state index in [1.807, 2.05) is 6.92 Å². The van der Waals surface area contributed by atoms with E-state index in [2.05, 4.69) is 24.1 Å². The average Bonchev–Trinajstić information content (AvgIpc) is 2.55. The van der Waals surface area contributed by atoms with E-state index in [0.29, 0.717) is 52.6 Å². The third kappa shape index (κ3) is 18.8. The second-order valence-electron chi connectivity index (χ2n) is 4.70. The van der Waals surface area contributed by atoms with Gasteiger partial charge >= 0.3 is 0 Å². The van der Waals surface area contributed by atoms with Crippen LogP contribution in [0.3, 0.4) is 0 Å². The Morgan fingerprint density at radius 1 is 0.826 bits per heavy atom. The number of hydrogen-bond acceptors (Lipinski definition) is 5. The SMILES string of the molecule is CCC#CCCNC(=O)COCCOCCOCCOCCC. The molecule has 0 bridgehead atoms. The van der Waals surface area contributed by atoms with Crippen molar-refractivity contribution in [2.75, 3.05) is 59.4 Å². The molecule has 0 aromatic heterocycles. The third-order valence-corrected chi connectivity index (χ3v) is 2.57. The molecule has 0 spiro atoms. The first-order valence-electron chi connectivity index (χ1n) is 8.34. The fourth-order valence-corrected chi connectivity index (χ4v) is 1.50. The van der Waals surface area contributed by atoms with E-state index in [9.17, 15) is 4.79 Å². The highest BCUT2D eigenvalue weighted by Crippen LogP contribution is 1.84. The Balaban J connectivity index is 3.16. The largest absolute Gasteiger partial charge is 0.379 e. The summed E-state index contributed by atoms with van der Waals surface area (Å²) in [5, 5.41) is 2.74. The van der Waals surface area contributed by atoms with Gasteiger partial charge in [-0.05, 0) is 6.42 Å². The van der Waals surface area contributed by atoms with Gasteiger partial charge in [-0.15, -0.1) is 11.8 Å². The second kappa shape index (κ2) is 18.9. The van der Waals surface area contributed by atoms with Crippen LogP contribution in [0.5, 0.6) is 0 Å². The van der Waals surface area contributed by atoms with Crippen LogP contribution in [0.2, 0.25) is 0 Å². The molecule has 0 saturated carbocycles. The minimum atomic E-state index is -0.126. The fourth-order valence-electron chi connectivity index (χ4n) is 1.50. The van der Waals surface area contributed by atoms with Gasteiger partial charge in [0.15, 0.2) is 0 Å². The molecule has 0 aromatic rings. The molecule has 0 rings (SSSR count). The van der Waals surface area contributed by atoms with E-state index >= 15 is 0 Å². The number of ether oxygens (including phenoxy) is 4. The highest BCUT2D eigenvalue weighted by Gasteiger charge is 1.99. The highest BCUT2D eigenvalue weighted by atomic mass is 16.6. The summed E-state index contributed by atoms with van der Waals surface area (Å²) in [5.74, 6) is 5.78. The van der Waals surface area contributed by atoms with Crippen LogP contribution in [0.25, 0.3) is 0 Å². The number of amides is 1. The van der Waals surface area contributed by atoms with Gasteiger partial charge in [0.1, 0.15) is 6.61 Å². The normalized spacial score (nSPS) is 10.2. The fraction of sp³-hybridized carbons (Fsp3) is 0.824. The minimum absolute atomic E-state index is 0.0514. The smallest absolute Gasteiger partial charge is 0.246 e. The third-order valence-electron chi connectivity index (χ3n) is 2.57. The molecule has 1 N–H and O–H groups in total. The number of nitrogens with one attached hydrogen (secondary N) is 1. The summed E-state index contributed by atoms with van der Waals surface area (Å²) < 4.78 is 21.2. The zero-order chi connectivity index (χ0) is 17.0. The highest BCUT2D eigenvalue weighted by molar-refractivity contribution is 5.77. The molecule has 1 amide bonds. The van der Waals surface area contributed by atoms with Crippen molar-refractivity contribution in [2.24, 2.45) is 0 Å². The standard InChI is InChI=1S/C17H31NO5/c1-3-5-6-7-8-18-17(19)16-23-15-14-22-13-12-21-11-10-20-9-4-2/h3-4,7-16H2,1-2H3,(H,18,19). The van der Waals surface area contributed by atoms with Gasteiger partial charge in [-0.2, -0.15) is 0 Å². The zero-order valence-electron chi connectivity index (χ0n) is 14.5. The molecule has 0 fully saturated rings. The van der Waals surface area contributed by atoms with E-state index < -0.39 is 0 Å². The van der Waals surface area contributed by atoms with Crippen molar-refractivity contribution in [3.05, 3.63) is 0 Å². The lowest BCUT2D eigenvalue weighted by molar-refractivity contribution is -0.126. The van der Waals surface area contributed by atoms with E-state index in [4.69, 9.17) is 18.9 Å². The van der Waals surface area contributed by atoms with Gasteiger partial charge in [0, 0.05) is 26.0 Å². The van der Waals surface area contributed by atoms with Crippen LogP contribution in [0.1, 0.15) is 33.1 Å². The Kier molecular flexibility index (Phi) is 18.0. The predicted octanol–water partition coefficient (Wildman–Crippen LogP) is 1.38. The van der Waals surface area contributed by atoms with Gasteiger partial charge < -0.3 is 24.3 Å². The quantitative estimate of drug-likeness (QED) is 0.363. The minimum Gasteiger partial charge on any atom is -0.379 e. The first-order valence-corrected chi connectivity index (χ1v) is 8.34. The van der Waals surface area contributed by atoms with Gasteiger partial charge in [0.05, 0.1) is 39.6 Å². The van der Waals surface area contributed by atoms with Crippen LogP contribution in [0.4, 0.5) is 0 Å².